The molecule has 1 amide bonds. The van der Waals surface area contributed by atoms with Crippen molar-refractivity contribution >= 4 is 11.6 Å². The molecule has 19 heavy (non-hydrogen) atoms. The summed E-state index contributed by atoms with van der Waals surface area (Å²) >= 11 is 0. The zero-order valence-electron chi connectivity index (χ0n) is 12.3. The van der Waals surface area contributed by atoms with E-state index in [1.807, 2.05) is 6.92 Å². The van der Waals surface area contributed by atoms with Crippen LogP contribution in [-0.4, -0.2) is 37.9 Å². The maximum absolute atomic E-state index is 12.1. The second-order valence-corrected chi connectivity index (χ2v) is 4.92. The first-order chi connectivity index (χ1) is 8.72. The van der Waals surface area contributed by atoms with Gasteiger partial charge in [0.2, 0.25) is 0 Å². The number of likely N-dealkylation sites (N-methyl/N-ethyl adjacent to an activating group) is 1. The second-order valence-electron chi connectivity index (χ2n) is 4.92. The first-order valence-electron chi connectivity index (χ1n) is 5.95. The molecule has 0 atom stereocenters. The third-order valence-electron chi connectivity index (χ3n) is 2.89. The van der Waals surface area contributed by atoms with Gasteiger partial charge in [0, 0.05) is 13.1 Å². The Morgan fingerprint density at radius 1 is 1.21 bits per heavy atom. The van der Waals surface area contributed by atoms with E-state index in [0.717, 1.165) is 5.56 Å². The van der Waals surface area contributed by atoms with E-state index in [1.165, 1.54) is 25.9 Å². The number of nitrogens with zero attached hydrogens (tertiary/aromatic N) is 1. The summed E-state index contributed by atoms with van der Waals surface area (Å²) < 4.78 is 10.4. The summed E-state index contributed by atoms with van der Waals surface area (Å²) in [7, 11) is 4.71. The van der Waals surface area contributed by atoms with Gasteiger partial charge < -0.3 is 19.5 Å². The summed E-state index contributed by atoms with van der Waals surface area (Å²) in [5.41, 5.74) is 0.108. The summed E-state index contributed by atoms with van der Waals surface area (Å²) in [6, 6.07) is 3.51. The molecule has 0 bridgehead atoms. The number of hydrogen-bond acceptors (Lipinski definition) is 4. The number of hydrogen-bond donors (Lipinski definition) is 1. The van der Waals surface area contributed by atoms with Crippen molar-refractivity contribution in [2.24, 2.45) is 0 Å². The topological polar surface area (TPSA) is 59.0 Å². The van der Waals surface area contributed by atoms with E-state index in [9.17, 15) is 9.90 Å². The van der Waals surface area contributed by atoms with Crippen LogP contribution in [0, 0.1) is 6.92 Å². The first kappa shape index (κ1) is 15.3. The highest BCUT2D eigenvalue weighted by molar-refractivity contribution is 5.99. The van der Waals surface area contributed by atoms with Crippen molar-refractivity contribution in [1.29, 1.82) is 0 Å². The Morgan fingerprint density at radius 2 is 1.68 bits per heavy atom. The SMILES string of the molecule is COc1cc(C)c(N(C)C(=O)C(C)(C)O)cc1OC. The van der Waals surface area contributed by atoms with Crippen molar-refractivity contribution in [3.8, 4) is 11.5 Å². The molecular weight excluding hydrogens is 246 g/mol. The molecule has 0 aliphatic rings. The van der Waals surface area contributed by atoms with Crippen LogP contribution in [0.2, 0.25) is 0 Å². The van der Waals surface area contributed by atoms with Crippen molar-refractivity contribution in [2.75, 3.05) is 26.2 Å². The van der Waals surface area contributed by atoms with E-state index >= 15 is 0 Å². The van der Waals surface area contributed by atoms with E-state index in [4.69, 9.17) is 9.47 Å². The summed E-state index contributed by atoms with van der Waals surface area (Å²) in [4.78, 5) is 13.5. The molecule has 0 spiro atoms. The van der Waals surface area contributed by atoms with Gasteiger partial charge in [-0.05, 0) is 32.4 Å². The zero-order valence-corrected chi connectivity index (χ0v) is 12.3. The summed E-state index contributed by atoms with van der Waals surface area (Å²) in [6.07, 6.45) is 0. The Morgan fingerprint density at radius 3 is 2.11 bits per heavy atom. The number of aliphatic hydroxyl groups is 1. The van der Waals surface area contributed by atoms with Crippen molar-refractivity contribution in [1.82, 2.24) is 0 Å². The van der Waals surface area contributed by atoms with Crippen molar-refractivity contribution in [2.45, 2.75) is 26.4 Å². The summed E-state index contributed by atoms with van der Waals surface area (Å²) in [6.45, 7) is 4.79. The van der Waals surface area contributed by atoms with Crippen LogP contribution in [0.25, 0.3) is 0 Å². The standard InChI is InChI=1S/C14H21NO4/c1-9-7-11(18-5)12(19-6)8-10(9)15(4)13(16)14(2,3)17/h7-8,17H,1-6H3. The molecule has 0 saturated heterocycles. The van der Waals surface area contributed by atoms with Gasteiger partial charge in [0.05, 0.1) is 19.9 Å². The van der Waals surface area contributed by atoms with E-state index < -0.39 is 5.60 Å². The van der Waals surface area contributed by atoms with Gasteiger partial charge in [0.25, 0.3) is 5.91 Å². The van der Waals surface area contributed by atoms with Gasteiger partial charge in [-0.3, -0.25) is 4.79 Å². The van der Waals surface area contributed by atoms with Gasteiger partial charge >= 0.3 is 0 Å². The molecule has 1 rings (SSSR count). The fraction of sp³-hybridized carbons (Fsp3) is 0.500. The third-order valence-corrected chi connectivity index (χ3v) is 2.89. The van der Waals surface area contributed by atoms with Crippen LogP contribution in [-0.2, 0) is 4.79 Å². The van der Waals surface area contributed by atoms with Gasteiger partial charge in [-0.15, -0.1) is 0 Å². The van der Waals surface area contributed by atoms with Crippen LogP contribution in [0.15, 0.2) is 12.1 Å². The lowest BCUT2D eigenvalue weighted by atomic mass is 10.1. The monoisotopic (exact) mass is 267 g/mol. The first-order valence-corrected chi connectivity index (χ1v) is 5.95. The Labute approximate surface area is 113 Å². The maximum atomic E-state index is 12.1. The second kappa shape index (κ2) is 5.48. The van der Waals surface area contributed by atoms with E-state index in [2.05, 4.69) is 0 Å². The third kappa shape index (κ3) is 3.17. The molecule has 1 aromatic carbocycles. The zero-order chi connectivity index (χ0) is 14.8. The lowest BCUT2D eigenvalue weighted by molar-refractivity contribution is -0.133. The summed E-state index contributed by atoms with van der Waals surface area (Å²) in [5, 5.41) is 9.79. The number of carbonyl (C=O) groups excluding carboxylic acids is 1. The molecule has 5 nitrogen and oxygen atoms in total. The lowest BCUT2D eigenvalue weighted by Crippen LogP contribution is -2.43. The minimum Gasteiger partial charge on any atom is -0.493 e. The average Bonchev–Trinajstić information content (AvgIpc) is 2.35. The highest BCUT2D eigenvalue weighted by atomic mass is 16.5. The van der Waals surface area contributed by atoms with Crippen LogP contribution in [0.3, 0.4) is 0 Å². The van der Waals surface area contributed by atoms with Crippen LogP contribution in [0.1, 0.15) is 19.4 Å². The molecule has 0 unspecified atom stereocenters. The quantitative estimate of drug-likeness (QED) is 0.903. The Balaban J connectivity index is 3.24. The molecular formula is C14H21NO4. The van der Waals surface area contributed by atoms with Crippen molar-refractivity contribution in [3.63, 3.8) is 0 Å². The number of amides is 1. The lowest BCUT2D eigenvalue weighted by Gasteiger charge is -2.27. The molecule has 5 heteroatoms. The van der Waals surface area contributed by atoms with Gasteiger partial charge in [-0.2, -0.15) is 0 Å². The fourth-order valence-electron chi connectivity index (χ4n) is 1.85. The Hall–Kier alpha value is -1.75. The molecule has 0 aliphatic heterocycles. The van der Waals surface area contributed by atoms with Crippen LogP contribution < -0.4 is 14.4 Å². The number of rotatable bonds is 4. The largest absolute Gasteiger partial charge is 0.493 e. The number of aryl methyl sites for hydroxylation is 1. The molecule has 1 aromatic rings. The molecule has 106 valence electrons. The van der Waals surface area contributed by atoms with E-state index in [-0.39, 0.29) is 5.91 Å². The maximum Gasteiger partial charge on any atom is 0.258 e. The van der Waals surface area contributed by atoms with E-state index in [0.29, 0.717) is 17.2 Å². The van der Waals surface area contributed by atoms with Gasteiger partial charge in [-0.1, -0.05) is 0 Å². The molecule has 1 N–H and O–H groups in total. The highest BCUT2D eigenvalue weighted by Crippen LogP contribution is 2.34. The van der Waals surface area contributed by atoms with Gasteiger partial charge in [0.15, 0.2) is 11.5 Å². The molecule has 0 radical (unpaired) electrons. The predicted molar refractivity (Wildman–Crippen MR) is 74.0 cm³/mol. The number of methoxy groups -OCH3 is 2. The van der Waals surface area contributed by atoms with Crippen LogP contribution in [0.5, 0.6) is 11.5 Å². The van der Waals surface area contributed by atoms with Crippen LogP contribution in [0.4, 0.5) is 5.69 Å². The van der Waals surface area contributed by atoms with Crippen molar-refractivity contribution < 1.29 is 19.4 Å². The Kier molecular flexibility index (Phi) is 4.42. The van der Waals surface area contributed by atoms with E-state index in [1.54, 1.807) is 26.3 Å². The van der Waals surface area contributed by atoms with Gasteiger partial charge in [0.1, 0.15) is 5.60 Å². The number of anilines is 1. The van der Waals surface area contributed by atoms with Crippen molar-refractivity contribution in [3.05, 3.63) is 17.7 Å². The molecule has 0 saturated carbocycles. The minimum absolute atomic E-state index is 0.386. The molecule has 0 aliphatic carbocycles. The van der Waals surface area contributed by atoms with Gasteiger partial charge in [-0.25, -0.2) is 0 Å². The number of carbonyl (C=O) groups is 1. The predicted octanol–water partition coefficient (Wildman–Crippen LogP) is 1.75. The number of benzene rings is 1. The normalized spacial score (nSPS) is 11.1. The minimum atomic E-state index is -1.42. The fourth-order valence-corrected chi connectivity index (χ4v) is 1.85. The average molecular weight is 267 g/mol. The highest BCUT2D eigenvalue weighted by Gasteiger charge is 2.29. The molecule has 0 aromatic heterocycles. The smallest absolute Gasteiger partial charge is 0.258 e. The molecule has 0 fully saturated rings. The van der Waals surface area contributed by atoms with Crippen LogP contribution >= 0.6 is 0 Å². The molecule has 0 heterocycles. The summed E-state index contributed by atoms with van der Waals surface area (Å²) in [5.74, 6) is 0.758. The number of ether oxygens (including phenoxy) is 2. The Bertz CT molecular complexity index is 477.